The maximum absolute atomic E-state index is 13.3. The first-order chi connectivity index (χ1) is 14.2. The second-order valence-corrected chi connectivity index (χ2v) is 9.00. The summed E-state index contributed by atoms with van der Waals surface area (Å²) in [5.41, 5.74) is -1.51. The lowest BCUT2D eigenvalue weighted by Crippen LogP contribution is -2.44. The number of hydrogen-bond donors (Lipinski definition) is 0. The Balaban J connectivity index is 2.21. The lowest BCUT2D eigenvalue weighted by atomic mass is 9.83. The summed E-state index contributed by atoms with van der Waals surface area (Å²) in [5.74, 6) is -2.23. The van der Waals surface area contributed by atoms with Gasteiger partial charge in [0.1, 0.15) is 4.90 Å². The van der Waals surface area contributed by atoms with Gasteiger partial charge in [-0.2, -0.15) is 8.42 Å². The Morgan fingerprint density at radius 3 is 2.23 bits per heavy atom. The van der Waals surface area contributed by atoms with Crippen LogP contribution in [0.2, 0.25) is 0 Å². The Kier molecular flexibility index (Phi) is 5.89. The largest absolute Gasteiger partial charge is 0.468 e. The lowest BCUT2D eigenvalue weighted by molar-refractivity contribution is -0.162. The van der Waals surface area contributed by atoms with Crippen LogP contribution in [0.4, 0.5) is 0 Å². The summed E-state index contributed by atoms with van der Waals surface area (Å²) >= 11 is 3.32. The summed E-state index contributed by atoms with van der Waals surface area (Å²) < 4.78 is 40.6. The predicted octanol–water partition coefficient (Wildman–Crippen LogP) is 1.80. The monoisotopic (exact) mass is 499 g/mol. The molecule has 0 fully saturated rings. The van der Waals surface area contributed by atoms with Crippen LogP contribution < -0.4 is 0 Å². The highest BCUT2D eigenvalue weighted by Gasteiger charge is 2.57. The topological polar surface area (TPSA) is 118 Å². The molecule has 2 heterocycles. The number of ether oxygens (including phenoxy) is 2. The summed E-state index contributed by atoms with van der Waals surface area (Å²) in [5, 5.41) is 0. The minimum absolute atomic E-state index is 0.0272. The SMILES string of the molecule is COC(=O)C1(C(=O)OC)CCn2c(C(=O)c3ccccc3S(=O)(=O)OC)cc(Br)c21. The highest BCUT2D eigenvalue weighted by Crippen LogP contribution is 2.44. The van der Waals surface area contributed by atoms with E-state index in [0.717, 1.165) is 21.3 Å². The molecular weight excluding hydrogens is 482 g/mol. The van der Waals surface area contributed by atoms with Crippen molar-refractivity contribution in [3.8, 4) is 0 Å². The van der Waals surface area contributed by atoms with Gasteiger partial charge < -0.3 is 14.0 Å². The Labute approximate surface area is 181 Å². The third-order valence-corrected chi connectivity index (χ3v) is 7.02. The molecule has 0 bridgehead atoms. The summed E-state index contributed by atoms with van der Waals surface area (Å²) in [7, 11) is -0.819. The standard InChI is InChI=1S/C19H18BrNO8S/c1-27-17(23)19(18(24)28-2)8-9-21-13(10-12(20)16(19)21)15(22)11-6-4-5-7-14(11)30(25,26)29-3/h4-7,10H,8-9H2,1-3H3. The number of halogens is 1. The molecule has 0 saturated carbocycles. The Morgan fingerprint density at radius 2 is 1.67 bits per heavy atom. The molecule has 0 saturated heterocycles. The van der Waals surface area contributed by atoms with Crippen molar-refractivity contribution < 1.29 is 36.5 Å². The zero-order valence-corrected chi connectivity index (χ0v) is 18.7. The van der Waals surface area contributed by atoms with Crippen LogP contribution in [0.15, 0.2) is 39.7 Å². The van der Waals surface area contributed by atoms with Crippen LogP contribution in [0.3, 0.4) is 0 Å². The molecule has 9 nitrogen and oxygen atoms in total. The zero-order valence-electron chi connectivity index (χ0n) is 16.3. The van der Waals surface area contributed by atoms with Crippen molar-refractivity contribution in [3.63, 3.8) is 0 Å². The van der Waals surface area contributed by atoms with Gasteiger partial charge in [0.05, 0.1) is 32.7 Å². The van der Waals surface area contributed by atoms with Crippen molar-refractivity contribution in [2.75, 3.05) is 21.3 Å². The van der Waals surface area contributed by atoms with Crippen molar-refractivity contribution in [1.29, 1.82) is 0 Å². The molecule has 1 aromatic heterocycles. The number of nitrogens with zero attached hydrogens (tertiary/aromatic N) is 1. The van der Waals surface area contributed by atoms with Crippen LogP contribution >= 0.6 is 15.9 Å². The van der Waals surface area contributed by atoms with E-state index in [9.17, 15) is 22.8 Å². The Morgan fingerprint density at radius 1 is 1.07 bits per heavy atom. The fourth-order valence-corrected chi connectivity index (χ4v) is 5.32. The van der Waals surface area contributed by atoms with Crippen molar-refractivity contribution in [2.45, 2.75) is 23.3 Å². The van der Waals surface area contributed by atoms with E-state index in [1.165, 1.54) is 34.9 Å². The molecule has 1 aromatic carbocycles. The number of ketones is 1. The third kappa shape index (κ3) is 3.17. The van der Waals surface area contributed by atoms with E-state index >= 15 is 0 Å². The van der Waals surface area contributed by atoms with E-state index in [0.29, 0.717) is 4.47 Å². The van der Waals surface area contributed by atoms with Gasteiger partial charge in [0.2, 0.25) is 11.2 Å². The molecule has 0 radical (unpaired) electrons. The zero-order chi connectivity index (χ0) is 22.3. The van der Waals surface area contributed by atoms with E-state index in [4.69, 9.17) is 9.47 Å². The minimum Gasteiger partial charge on any atom is -0.468 e. The molecule has 0 unspecified atom stereocenters. The van der Waals surface area contributed by atoms with E-state index in [1.807, 2.05) is 0 Å². The highest BCUT2D eigenvalue weighted by atomic mass is 79.9. The predicted molar refractivity (Wildman–Crippen MR) is 107 cm³/mol. The normalized spacial score (nSPS) is 14.8. The van der Waals surface area contributed by atoms with E-state index in [1.54, 1.807) is 0 Å². The maximum Gasteiger partial charge on any atom is 0.329 e. The number of methoxy groups -OCH3 is 2. The fraction of sp³-hybridized carbons (Fsp3) is 0.316. The summed E-state index contributed by atoms with van der Waals surface area (Å²) in [6, 6.07) is 7.07. The van der Waals surface area contributed by atoms with Gasteiger partial charge in [-0.05, 0) is 40.5 Å². The van der Waals surface area contributed by atoms with Crippen molar-refractivity contribution in [3.05, 3.63) is 51.8 Å². The lowest BCUT2D eigenvalue weighted by Gasteiger charge is -2.23. The van der Waals surface area contributed by atoms with Gasteiger partial charge in [0, 0.05) is 16.6 Å². The number of esters is 2. The molecule has 160 valence electrons. The molecule has 1 aliphatic heterocycles. The summed E-state index contributed by atoms with van der Waals surface area (Å²) in [6.07, 6.45) is 0.0272. The van der Waals surface area contributed by atoms with Gasteiger partial charge in [-0.3, -0.25) is 18.6 Å². The number of fused-ring (bicyclic) bond motifs is 1. The van der Waals surface area contributed by atoms with Crippen LogP contribution in [0, 0.1) is 0 Å². The maximum atomic E-state index is 13.3. The molecule has 3 rings (SSSR count). The highest BCUT2D eigenvalue weighted by molar-refractivity contribution is 9.10. The van der Waals surface area contributed by atoms with Gasteiger partial charge in [-0.15, -0.1) is 0 Å². The molecular formula is C19H18BrNO8S. The second-order valence-electron chi connectivity index (χ2n) is 6.46. The van der Waals surface area contributed by atoms with Crippen LogP contribution in [0.5, 0.6) is 0 Å². The van der Waals surface area contributed by atoms with Gasteiger partial charge in [0.15, 0.2) is 0 Å². The Bertz CT molecular complexity index is 1140. The number of carbonyl (C=O) groups excluding carboxylic acids is 3. The summed E-state index contributed by atoms with van der Waals surface area (Å²) in [4.78, 5) is 38.2. The molecule has 0 spiro atoms. The van der Waals surface area contributed by atoms with Crippen LogP contribution in [0.1, 0.15) is 28.2 Å². The quantitative estimate of drug-likeness (QED) is 0.255. The minimum atomic E-state index is -4.14. The molecule has 11 heteroatoms. The van der Waals surface area contributed by atoms with Crippen molar-refractivity contribution in [1.82, 2.24) is 4.57 Å². The average molecular weight is 500 g/mol. The first-order valence-corrected chi connectivity index (χ1v) is 10.9. The average Bonchev–Trinajstić information content (AvgIpc) is 3.31. The molecule has 0 amide bonds. The number of hydrogen-bond acceptors (Lipinski definition) is 8. The van der Waals surface area contributed by atoms with Gasteiger partial charge in [-0.25, -0.2) is 0 Å². The second kappa shape index (κ2) is 7.97. The van der Waals surface area contributed by atoms with Crippen molar-refractivity contribution in [2.24, 2.45) is 0 Å². The molecule has 2 aromatic rings. The van der Waals surface area contributed by atoms with Crippen LogP contribution in [0.25, 0.3) is 0 Å². The smallest absolute Gasteiger partial charge is 0.329 e. The number of carbonyl (C=O) groups is 3. The fourth-order valence-electron chi connectivity index (χ4n) is 3.70. The van der Waals surface area contributed by atoms with Gasteiger partial charge >= 0.3 is 11.9 Å². The molecule has 0 aliphatic carbocycles. The number of benzene rings is 1. The summed E-state index contributed by atoms with van der Waals surface area (Å²) in [6.45, 7) is 0.144. The molecule has 30 heavy (non-hydrogen) atoms. The van der Waals surface area contributed by atoms with E-state index in [2.05, 4.69) is 20.1 Å². The van der Waals surface area contributed by atoms with Gasteiger partial charge in [0.25, 0.3) is 10.1 Å². The molecule has 0 N–H and O–H groups in total. The Hall–Kier alpha value is -2.50. The van der Waals surface area contributed by atoms with E-state index < -0.39 is 33.3 Å². The molecule has 0 atom stereocenters. The van der Waals surface area contributed by atoms with Crippen molar-refractivity contribution >= 4 is 43.8 Å². The number of rotatable bonds is 6. The molecule has 1 aliphatic rings. The first-order valence-electron chi connectivity index (χ1n) is 8.66. The van der Waals surface area contributed by atoms with E-state index in [-0.39, 0.29) is 34.8 Å². The first kappa shape index (κ1) is 22.2. The van der Waals surface area contributed by atoms with Crippen LogP contribution in [-0.4, -0.2) is 52.0 Å². The van der Waals surface area contributed by atoms with Crippen LogP contribution in [-0.2, 0) is 45.3 Å². The number of aromatic nitrogens is 1. The van der Waals surface area contributed by atoms with Gasteiger partial charge in [-0.1, -0.05) is 12.1 Å². The third-order valence-electron chi connectivity index (χ3n) is 5.09.